The summed E-state index contributed by atoms with van der Waals surface area (Å²) in [6, 6.07) is 13.4. The van der Waals surface area contributed by atoms with Crippen LogP contribution in [0.1, 0.15) is 11.1 Å². The number of phenols is 2. The van der Waals surface area contributed by atoms with Gasteiger partial charge in [-0.05, 0) is 36.4 Å². The average molecular weight is 238 g/mol. The molecular weight excluding hydrogens is 228 g/mol. The molecule has 0 bridgehead atoms. The normalized spacial score (nSPS) is 10.4. The molecule has 0 heterocycles. The molecule has 0 saturated carbocycles. The van der Waals surface area contributed by atoms with E-state index in [0.29, 0.717) is 16.8 Å². The molecule has 2 aromatic rings. The summed E-state index contributed by atoms with van der Waals surface area (Å²) in [4.78, 5) is 4.15. The lowest BCUT2D eigenvalue weighted by atomic mass is 10.2. The van der Waals surface area contributed by atoms with Crippen LogP contribution in [0.25, 0.3) is 0 Å². The first-order valence-electron chi connectivity index (χ1n) is 5.26. The van der Waals surface area contributed by atoms with Crippen LogP contribution in [0.3, 0.4) is 0 Å². The van der Waals surface area contributed by atoms with Gasteiger partial charge >= 0.3 is 0 Å². The number of para-hydroxylation sites is 1. The summed E-state index contributed by atoms with van der Waals surface area (Å²) >= 11 is 0. The second kappa shape index (κ2) is 5.02. The number of aliphatic imine (C=N–C) groups is 1. The fourth-order valence-electron chi connectivity index (χ4n) is 1.42. The van der Waals surface area contributed by atoms with E-state index in [2.05, 4.69) is 4.99 Å². The Kier molecular flexibility index (Phi) is 3.26. The van der Waals surface area contributed by atoms with Crippen molar-refractivity contribution in [2.24, 2.45) is 4.99 Å². The molecule has 0 saturated heterocycles. The van der Waals surface area contributed by atoms with Crippen molar-refractivity contribution in [3.63, 3.8) is 0 Å². The third kappa shape index (κ3) is 2.47. The van der Waals surface area contributed by atoms with Crippen LogP contribution in [0.2, 0.25) is 0 Å². The fraction of sp³-hybridized carbons (Fsp3) is 0. The Balaban J connectivity index is 2.25. The molecule has 2 N–H and O–H groups in total. The van der Waals surface area contributed by atoms with Gasteiger partial charge in [0.15, 0.2) is 11.5 Å². The molecule has 2 rings (SSSR count). The highest BCUT2D eigenvalue weighted by Crippen LogP contribution is 2.27. The molecule has 0 aromatic heterocycles. The second-order valence-corrected chi connectivity index (χ2v) is 3.63. The zero-order valence-electron chi connectivity index (χ0n) is 9.41. The molecule has 0 unspecified atom stereocenters. The molecule has 0 radical (unpaired) electrons. The molecule has 4 heteroatoms. The molecule has 88 valence electrons. The maximum atomic E-state index is 9.57. The number of hydrogen-bond acceptors (Lipinski definition) is 4. The van der Waals surface area contributed by atoms with E-state index in [1.54, 1.807) is 36.4 Å². The fourth-order valence-corrected chi connectivity index (χ4v) is 1.42. The lowest BCUT2D eigenvalue weighted by molar-refractivity contribution is 0.403. The Labute approximate surface area is 104 Å². The average Bonchev–Trinajstić information content (AvgIpc) is 2.41. The zero-order chi connectivity index (χ0) is 13.0. The summed E-state index contributed by atoms with van der Waals surface area (Å²) in [7, 11) is 0. The molecule has 4 nitrogen and oxygen atoms in total. The minimum atomic E-state index is -0.199. The topological polar surface area (TPSA) is 76.6 Å². The third-order valence-electron chi connectivity index (χ3n) is 2.40. The summed E-state index contributed by atoms with van der Waals surface area (Å²) in [5, 5.41) is 27.5. The summed E-state index contributed by atoms with van der Waals surface area (Å²) in [5.74, 6) is -0.381. The van der Waals surface area contributed by atoms with E-state index in [1.165, 1.54) is 12.3 Å². The second-order valence-electron chi connectivity index (χ2n) is 3.63. The van der Waals surface area contributed by atoms with Gasteiger partial charge in [0.1, 0.15) is 0 Å². The van der Waals surface area contributed by atoms with E-state index < -0.39 is 0 Å². The molecular formula is C14H10N2O2. The first kappa shape index (κ1) is 11.7. The Bertz CT molecular complexity index is 625. The molecule has 0 aliphatic heterocycles. The zero-order valence-corrected chi connectivity index (χ0v) is 9.41. The number of aromatic hydroxyl groups is 2. The number of benzene rings is 2. The van der Waals surface area contributed by atoms with Gasteiger partial charge < -0.3 is 10.2 Å². The van der Waals surface area contributed by atoms with E-state index in [4.69, 9.17) is 5.26 Å². The van der Waals surface area contributed by atoms with E-state index in [-0.39, 0.29) is 11.5 Å². The van der Waals surface area contributed by atoms with Gasteiger partial charge in [-0.1, -0.05) is 6.07 Å². The Morgan fingerprint density at radius 1 is 1.06 bits per heavy atom. The Morgan fingerprint density at radius 3 is 2.44 bits per heavy atom. The third-order valence-corrected chi connectivity index (χ3v) is 2.40. The van der Waals surface area contributed by atoms with Crippen LogP contribution in [0.5, 0.6) is 11.5 Å². The van der Waals surface area contributed by atoms with Crippen LogP contribution in [-0.2, 0) is 0 Å². The number of nitrogens with zero attached hydrogens (tertiary/aromatic N) is 2. The van der Waals surface area contributed by atoms with E-state index in [0.717, 1.165) is 0 Å². The van der Waals surface area contributed by atoms with E-state index >= 15 is 0 Å². The van der Waals surface area contributed by atoms with Crippen LogP contribution >= 0.6 is 0 Å². The highest BCUT2D eigenvalue weighted by molar-refractivity contribution is 5.86. The van der Waals surface area contributed by atoms with Crippen LogP contribution < -0.4 is 0 Å². The van der Waals surface area contributed by atoms with Crippen molar-refractivity contribution in [3.05, 3.63) is 53.6 Å². The number of hydrogen-bond donors (Lipinski definition) is 2. The van der Waals surface area contributed by atoms with Crippen molar-refractivity contribution < 1.29 is 10.2 Å². The minimum absolute atomic E-state index is 0.182. The van der Waals surface area contributed by atoms with Crippen LogP contribution in [0.15, 0.2) is 47.5 Å². The highest BCUT2D eigenvalue weighted by Gasteiger charge is 2.02. The quantitative estimate of drug-likeness (QED) is 0.623. The van der Waals surface area contributed by atoms with Crippen LogP contribution in [0, 0.1) is 11.3 Å². The summed E-state index contributed by atoms with van der Waals surface area (Å²) in [5.41, 5.74) is 1.66. The summed E-state index contributed by atoms with van der Waals surface area (Å²) in [6.45, 7) is 0. The van der Waals surface area contributed by atoms with Crippen molar-refractivity contribution in [2.45, 2.75) is 0 Å². The molecule has 0 amide bonds. The van der Waals surface area contributed by atoms with Gasteiger partial charge in [0, 0.05) is 11.8 Å². The van der Waals surface area contributed by atoms with Gasteiger partial charge in [-0.3, -0.25) is 4.99 Å². The SMILES string of the molecule is N#Cc1ccc(N=Cc2cccc(O)c2O)cc1. The van der Waals surface area contributed by atoms with Crippen molar-refractivity contribution in [1.82, 2.24) is 0 Å². The first-order chi connectivity index (χ1) is 8.70. The Morgan fingerprint density at radius 2 is 1.78 bits per heavy atom. The van der Waals surface area contributed by atoms with Crippen LogP contribution in [-0.4, -0.2) is 16.4 Å². The van der Waals surface area contributed by atoms with Crippen molar-refractivity contribution in [3.8, 4) is 17.6 Å². The minimum Gasteiger partial charge on any atom is -0.504 e. The van der Waals surface area contributed by atoms with Crippen LogP contribution in [0.4, 0.5) is 5.69 Å². The molecule has 0 atom stereocenters. The van der Waals surface area contributed by atoms with E-state index in [9.17, 15) is 10.2 Å². The van der Waals surface area contributed by atoms with Gasteiger partial charge in [-0.2, -0.15) is 5.26 Å². The van der Waals surface area contributed by atoms with Crippen molar-refractivity contribution in [1.29, 1.82) is 5.26 Å². The van der Waals surface area contributed by atoms with Crippen molar-refractivity contribution >= 4 is 11.9 Å². The predicted molar refractivity (Wildman–Crippen MR) is 68.2 cm³/mol. The molecule has 0 aliphatic carbocycles. The highest BCUT2D eigenvalue weighted by atomic mass is 16.3. The van der Waals surface area contributed by atoms with Gasteiger partial charge in [0.05, 0.1) is 17.3 Å². The van der Waals surface area contributed by atoms with Crippen molar-refractivity contribution in [2.75, 3.05) is 0 Å². The molecule has 18 heavy (non-hydrogen) atoms. The predicted octanol–water partition coefficient (Wildman–Crippen LogP) is 2.72. The number of nitriles is 1. The number of rotatable bonds is 2. The Hall–Kier alpha value is -2.80. The standard InChI is InChI=1S/C14H10N2O2/c15-8-10-4-6-12(7-5-10)16-9-11-2-1-3-13(17)14(11)18/h1-7,9,17-18H. The smallest absolute Gasteiger partial charge is 0.166 e. The van der Waals surface area contributed by atoms with Gasteiger partial charge in [0.2, 0.25) is 0 Å². The number of phenolic OH excluding ortho intramolecular Hbond substituents is 2. The first-order valence-corrected chi connectivity index (χ1v) is 5.26. The van der Waals surface area contributed by atoms with Gasteiger partial charge in [-0.15, -0.1) is 0 Å². The summed E-state index contributed by atoms with van der Waals surface area (Å²) in [6.07, 6.45) is 1.45. The lowest BCUT2D eigenvalue weighted by Gasteiger charge is -2.00. The maximum Gasteiger partial charge on any atom is 0.166 e. The largest absolute Gasteiger partial charge is 0.504 e. The van der Waals surface area contributed by atoms with Gasteiger partial charge in [0.25, 0.3) is 0 Å². The molecule has 0 aliphatic rings. The van der Waals surface area contributed by atoms with E-state index in [1.807, 2.05) is 6.07 Å². The molecule has 2 aromatic carbocycles. The van der Waals surface area contributed by atoms with Gasteiger partial charge in [-0.25, -0.2) is 0 Å². The summed E-state index contributed by atoms with van der Waals surface area (Å²) < 4.78 is 0. The molecule has 0 spiro atoms. The lowest BCUT2D eigenvalue weighted by Crippen LogP contribution is -1.82. The molecule has 0 fully saturated rings. The maximum absolute atomic E-state index is 9.57. The monoisotopic (exact) mass is 238 g/mol.